The number of benzene rings is 1. The molecule has 1 saturated carbocycles. The molecular formula is C16H24FN. The van der Waals surface area contributed by atoms with Gasteiger partial charge in [0.05, 0.1) is 0 Å². The van der Waals surface area contributed by atoms with Gasteiger partial charge in [-0.2, -0.15) is 0 Å². The summed E-state index contributed by atoms with van der Waals surface area (Å²) >= 11 is 0. The van der Waals surface area contributed by atoms with E-state index in [1.165, 1.54) is 38.2 Å². The molecule has 0 amide bonds. The highest BCUT2D eigenvalue weighted by molar-refractivity contribution is 5.17. The molecule has 1 unspecified atom stereocenters. The first-order valence-electron chi connectivity index (χ1n) is 7.25. The summed E-state index contributed by atoms with van der Waals surface area (Å²) in [5.74, 6) is 0.756. The minimum Gasteiger partial charge on any atom is -0.314 e. The van der Waals surface area contributed by atoms with Gasteiger partial charge in [-0.15, -0.1) is 0 Å². The molecule has 1 aromatic carbocycles. The molecule has 0 aliphatic heterocycles. The summed E-state index contributed by atoms with van der Waals surface area (Å²) in [5, 5.41) is 3.55. The highest BCUT2D eigenvalue weighted by Gasteiger charge is 2.19. The lowest BCUT2D eigenvalue weighted by molar-refractivity contribution is 0.390. The van der Waals surface area contributed by atoms with Crippen LogP contribution in [0, 0.1) is 11.7 Å². The zero-order chi connectivity index (χ0) is 12.8. The lowest BCUT2D eigenvalue weighted by Crippen LogP contribution is -2.32. The van der Waals surface area contributed by atoms with E-state index in [2.05, 4.69) is 12.2 Å². The zero-order valence-corrected chi connectivity index (χ0v) is 11.3. The van der Waals surface area contributed by atoms with Crippen molar-refractivity contribution in [1.82, 2.24) is 5.32 Å². The molecule has 1 nitrogen and oxygen atoms in total. The van der Waals surface area contributed by atoms with E-state index in [0.717, 1.165) is 24.4 Å². The predicted molar refractivity (Wildman–Crippen MR) is 74.1 cm³/mol. The van der Waals surface area contributed by atoms with Crippen LogP contribution in [0.15, 0.2) is 24.3 Å². The van der Waals surface area contributed by atoms with Crippen LogP contribution < -0.4 is 5.32 Å². The van der Waals surface area contributed by atoms with Crippen molar-refractivity contribution in [3.8, 4) is 0 Å². The molecule has 1 N–H and O–H groups in total. The standard InChI is InChI=1S/C16H24FN/c1-2-18-16(11-13-6-3-4-7-13)12-14-8-5-9-15(17)10-14/h5,8-10,13,16,18H,2-4,6-7,11-12H2,1H3. The van der Waals surface area contributed by atoms with E-state index in [4.69, 9.17) is 0 Å². The van der Waals surface area contributed by atoms with Crippen molar-refractivity contribution in [3.05, 3.63) is 35.6 Å². The maximum Gasteiger partial charge on any atom is 0.123 e. The largest absolute Gasteiger partial charge is 0.314 e. The van der Waals surface area contributed by atoms with Crippen molar-refractivity contribution in [2.24, 2.45) is 5.92 Å². The number of nitrogens with one attached hydrogen (secondary N) is 1. The van der Waals surface area contributed by atoms with Gasteiger partial charge < -0.3 is 5.32 Å². The Morgan fingerprint density at radius 2 is 2.11 bits per heavy atom. The van der Waals surface area contributed by atoms with Crippen LogP contribution in [0.3, 0.4) is 0 Å². The minimum absolute atomic E-state index is 0.122. The Kier molecular flexibility index (Phi) is 5.18. The summed E-state index contributed by atoms with van der Waals surface area (Å²) in [7, 11) is 0. The van der Waals surface area contributed by atoms with Crippen molar-refractivity contribution >= 4 is 0 Å². The van der Waals surface area contributed by atoms with Crippen molar-refractivity contribution in [1.29, 1.82) is 0 Å². The van der Waals surface area contributed by atoms with Gasteiger partial charge in [0.15, 0.2) is 0 Å². The quantitative estimate of drug-likeness (QED) is 0.805. The van der Waals surface area contributed by atoms with Gasteiger partial charge in [0, 0.05) is 6.04 Å². The van der Waals surface area contributed by atoms with E-state index in [0.29, 0.717) is 6.04 Å². The Morgan fingerprint density at radius 3 is 2.78 bits per heavy atom. The van der Waals surface area contributed by atoms with E-state index in [-0.39, 0.29) is 5.82 Å². The molecule has 18 heavy (non-hydrogen) atoms. The van der Waals surface area contributed by atoms with E-state index in [9.17, 15) is 4.39 Å². The van der Waals surface area contributed by atoms with E-state index >= 15 is 0 Å². The van der Waals surface area contributed by atoms with Gasteiger partial charge >= 0.3 is 0 Å². The number of rotatable bonds is 6. The highest BCUT2D eigenvalue weighted by Crippen LogP contribution is 2.29. The van der Waals surface area contributed by atoms with Gasteiger partial charge in [0.2, 0.25) is 0 Å². The van der Waals surface area contributed by atoms with Crippen LogP contribution >= 0.6 is 0 Å². The van der Waals surface area contributed by atoms with E-state index in [1.807, 2.05) is 12.1 Å². The number of likely N-dealkylation sites (N-methyl/N-ethyl adjacent to an activating group) is 1. The second kappa shape index (κ2) is 6.89. The van der Waals surface area contributed by atoms with E-state index < -0.39 is 0 Å². The molecule has 100 valence electrons. The number of hydrogen-bond acceptors (Lipinski definition) is 1. The first kappa shape index (κ1) is 13.5. The summed E-state index contributed by atoms with van der Waals surface area (Å²) in [6.45, 7) is 3.14. The molecule has 1 aromatic rings. The van der Waals surface area contributed by atoms with Crippen LogP contribution in [0.25, 0.3) is 0 Å². The van der Waals surface area contributed by atoms with Gasteiger partial charge in [-0.05, 0) is 43.0 Å². The third kappa shape index (κ3) is 4.09. The zero-order valence-electron chi connectivity index (χ0n) is 11.3. The first-order chi connectivity index (χ1) is 8.78. The van der Waals surface area contributed by atoms with Gasteiger partial charge in [-0.1, -0.05) is 44.7 Å². The molecule has 2 rings (SSSR count). The highest BCUT2D eigenvalue weighted by atomic mass is 19.1. The SMILES string of the molecule is CCNC(Cc1cccc(F)c1)CC1CCCC1. The van der Waals surface area contributed by atoms with Crippen LogP contribution in [0.5, 0.6) is 0 Å². The first-order valence-corrected chi connectivity index (χ1v) is 7.25. The Hall–Kier alpha value is -0.890. The summed E-state index contributed by atoms with van der Waals surface area (Å²) < 4.78 is 13.2. The second-order valence-electron chi connectivity index (χ2n) is 5.47. The lowest BCUT2D eigenvalue weighted by atomic mass is 9.94. The summed E-state index contributed by atoms with van der Waals surface area (Å²) in [6, 6.07) is 7.52. The molecule has 1 aliphatic carbocycles. The third-order valence-electron chi connectivity index (χ3n) is 3.96. The summed E-state index contributed by atoms with van der Waals surface area (Å²) in [4.78, 5) is 0. The molecule has 2 heteroatoms. The van der Waals surface area contributed by atoms with Crippen molar-refractivity contribution in [2.45, 2.75) is 51.5 Å². The fourth-order valence-electron chi connectivity index (χ4n) is 3.12. The topological polar surface area (TPSA) is 12.0 Å². The van der Waals surface area contributed by atoms with Gasteiger partial charge in [0.1, 0.15) is 5.82 Å². The third-order valence-corrected chi connectivity index (χ3v) is 3.96. The number of halogens is 1. The Labute approximate surface area is 110 Å². The van der Waals surface area contributed by atoms with Crippen molar-refractivity contribution < 1.29 is 4.39 Å². The van der Waals surface area contributed by atoms with Gasteiger partial charge in [-0.3, -0.25) is 0 Å². The lowest BCUT2D eigenvalue weighted by Gasteiger charge is -2.21. The Morgan fingerprint density at radius 1 is 1.33 bits per heavy atom. The van der Waals surface area contributed by atoms with Crippen LogP contribution in [0.4, 0.5) is 4.39 Å². The molecular weight excluding hydrogens is 225 g/mol. The van der Waals surface area contributed by atoms with Gasteiger partial charge in [0.25, 0.3) is 0 Å². The Bertz CT molecular complexity index is 358. The van der Waals surface area contributed by atoms with Crippen LogP contribution in [-0.2, 0) is 6.42 Å². The maximum atomic E-state index is 13.2. The summed E-state index contributed by atoms with van der Waals surface area (Å²) in [6.07, 6.45) is 7.73. The molecule has 1 fully saturated rings. The normalized spacial score (nSPS) is 18.1. The second-order valence-corrected chi connectivity index (χ2v) is 5.47. The van der Waals surface area contributed by atoms with Crippen LogP contribution in [0.2, 0.25) is 0 Å². The number of hydrogen-bond donors (Lipinski definition) is 1. The van der Waals surface area contributed by atoms with E-state index in [1.54, 1.807) is 6.07 Å². The maximum absolute atomic E-state index is 13.2. The van der Waals surface area contributed by atoms with Crippen molar-refractivity contribution in [3.63, 3.8) is 0 Å². The predicted octanol–water partition coefficient (Wildman–Crippen LogP) is 3.93. The summed E-state index contributed by atoms with van der Waals surface area (Å²) in [5.41, 5.74) is 1.11. The van der Waals surface area contributed by atoms with Crippen molar-refractivity contribution in [2.75, 3.05) is 6.54 Å². The fraction of sp³-hybridized carbons (Fsp3) is 0.625. The molecule has 0 heterocycles. The molecule has 0 bridgehead atoms. The van der Waals surface area contributed by atoms with Crippen LogP contribution in [0.1, 0.15) is 44.6 Å². The minimum atomic E-state index is -0.122. The van der Waals surface area contributed by atoms with Crippen LogP contribution in [-0.4, -0.2) is 12.6 Å². The average molecular weight is 249 g/mol. The molecule has 1 atom stereocenters. The Balaban J connectivity index is 1.92. The average Bonchev–Trinajstić information content (AvgIpc) is 2.82. The van der Waals surface area contributed by atoms with Gasteiger partial charge in [-0.25, -0.2) is 4.39 Å². The molecule has 1 aliphatic rings. The monoisotopic (exact) mass is 249 g/mol. The molecule has 0 saturated heterocycles. The molecule has 0 radical (unpaired) electrons. The smallest absolute Gasteiger partial charge is 0.123 e. The molecule has 0 aromatic heterocycles. The fourth-order valence-corrected chi connectivity index (χ4v) is 3.12. The molecule has 0 spiro atoms.